The maximum atomic E-state index is 12.9. The number of thiophene rings is 1. The number of halogens is 3. The Morgan fingerprint density at radius 1 is 1.00 bits per heavy atom. The zero-order valence-electron chi connectivity index (χ0n) is 16.2. The summed E-state index contributed by atoms with van der Waals surface area (Å²) in [7, 11) is 0. The largest absolute Gasteiger partial charge is 0.322 e. The molecular weight excluding hydrogens is 493 g/mol. The van der Waals surface area contributed by atoms with E-state index in [-0.39, 0.29) is 16.3 Å². The Bertz CT molecular complexity index is 1270. The van der Waals surface area contributed by atoms with Gasteiger partial charge in [0.25, 0.3) is 11.8 Å². The SMILES string of the molecule is O=C(Nc1ccc(Cl)cc1)c1cccc(Cl)c1NC(=O)c1scc(Cn2cncn2)c1Cl. The molecule has 4 aromatic rings. The highest BCUT2D eigenvalue weighted by Crippen LogP contribution is 2.32. The number of para-hydroxylation sites is 1. The van der Waals surface area contributed by atoms with Crippen LogP contribution in [-0.2, 0) is 6.54 Å². The van der Waals surface area contributed by atoms with Crippen LogP contribution >= 0.6 is 46.1 Å². The minimum Gasteiger partial charge on any atom is -0.322 e. The van der Waals surface area contributed by atoms with E-state index in [1.165, 1.54) is 17.7 Å². The van der Waals surface area contributed by atoms with Crippen LogP contribution < -0.4 is 10.6 Å². The molecule has 0 radical (unpaired) electrons. The standard InChI is InChI=1S/C21H14Cl3N5O2S/c22-13-4-6-14(7-5-13)27-20(30)15-2-1-3-16(23)18(15)28-21(31)19-17(24)12(9-32-19)8-29-11-25-10-26-29/h1-7,9-11H,8H2,(H,27,30)(H,28,31). The fraction of sp³-hybridized carbons (Fsp3) is 0.0476. The van der Waals surface area contributed by atoms with Gasteiger partial charge in [-0.1, -0.05) is 40.9 Å². The second kappa shape index (κ2) is 9.70. The second-order valence-electron chi connectivity index (χ2n) is 6.57. The molecule has 0 fully saturated rings. The lowest BCUT2D eigenvalue weighted by atomic mass is 10.1. The Morgan fingerprint density at radius 3 is 2.50 bits per heavy atom. The van der Waals surface area contributed by atoms with Crippen molar-refractivity contribution in [1.82, 2.24) is 14.8 Å². The predicted octanol–water partition coefficient (Wildman–Crippen LogP) is 5.85. The van der Waals surface area contributed by atoms with E-state index in [1.54, 1.807) is 58.9 Å². The van der Waals surface area contributed by atoms with E-state index in [4.69, 9.17) is 34.8 Å². The Labute approximate surface area is 201 Å². The maximum absolute atomic E-state index is 12.9. The highest BCUT2D eigenvalue weighted by molar-refractivity contribution is 7.13. The van der Waals surface area contributed by atoms with Gasteiger partial charge in [-0.15, -0.1) is 11.3 Å². The number of nitrogens with one attached hydrogen (secondary N) is 2. The molecule has 0 aliphatic rings. The first-order valence-corrected chi connectivity index (χ1v) is 11.2. The number of aromatic nitrogens is 3. The van der Waals surface area contributed by atoms with Crippen LogP contribution in [0.15, 0.2) is 60.5 Å². The van der Waals surface area contributed by atoms with Gasteiger partial charge in [-0.05, 0) is 41.8 Å². The van der Waals surface area contributed by atoms with Crippen molar-refractivity contribution in [2.75, 3.05) is 10.6 Å². The minimum atomic E-state index is -0.474. The van der Waals surface area contributed by atoms with Crippen LogP contribution in [0.4, 0.5) is 11.4 Å². The van der Waals surface area contributed by atoms with Gasteiger partial charge in [-0.2, -0.15) is 5.10 Å². The van der Waals surface area contributed by atoms with Crippen molar-refractivity contribution >= 4 is 69.3 Å². The average Bonchev–Trinajstić information content (AvgIpc) is 3.41. The van der Waals surface area contributed by atoms with Crippen molar-refractivity contribution in [3.8, 4) is 0 Å². The summed E-state index contributed by atoms with van der Waals surface area (Å²) in [5.74, 6) is -0.909. The van der Waals surface area contributed by atoms with E-state index in [2.05, 4.69) is 20.7 Å². The summed E-state index contributed by atoms with van der Waals surface area (Å²) in [4.78, 5) is 30.0. The molecule has 0 aliphatic carbocycles. The number of anilines is 2. The van der Waals surface area contributed by atoms with E-state index in [0.717, 1.165) is 5.56 Å². The number of benzene rings is 2. The average molecular weight is 507 g/mol. The number of hydrogen-bond acceptors (Lipinski definition) is 5. The van der Waals surface area contributed by atoms with Gasteiger partial charge in [0.05, 0.1) is 27.8 Å². The number of amides is 2. The number of nitrogens with zero attached hydrogens (tertiary/aromatic N) is 3. The van der Waals surface area contributed by atoms with Crippen molar-refractivity contribution in [1.29, 1.82) is 0 Å². The Hall–Kier alpha value is -2.91. The molecule has 0 saturated heterocycles. The van der Waals surface area contributed by atoms with Gasteiger partial charge in [-0.25, -0.2) is 9.67 Å². The third kappa shape index (κ3) is 4.94. The molecule has 162 valence electrons. The Kier molecular flexibility index (Phi) is 6.76. The molecular formula is C21H14Cl3N5O2S. The second-order valence-corrected chi connectivity index (χ2v) is 8.68. The zero-order chi connectivity index (χ0) is 22.7. The molecule has 2 amide bonds. The molecule has 7 nitrogen and oxygen atoms in total. The first-order chi connectivity index (χ1) is 15.4. The molecule has 4 rings (SSSR count). The molecule has 0 atom stereocenters. The van der Waals surface area contributed by atoms with E-state index in [1.807, 2.05) is 0 Å². The summed E-state index contributed by atoms with van der Waals surface area (Å²) in [6, 6.07) is 11.4. The van der Waals surface area contributed by atoms with Gasteiger partial charge in [-0.3, -0.25) is 9.59 Å². The van der Waals surface area contributed by atoms with Crippen molar-refractivity contribution in [3.63, 3.8) is 0 Å². The molecule has 2 N–H and O–H groups in total. The van der Waals surface area contributed by atoms with Gasteiger partial charge in [0, 0.05) is 16.3 Å². The highest BCUT2D eigenvalue weighted by atomic mass is 35.5. The van der Waals surface area contributed by atoms with E-state index in [9.17, 15) is 9.59 Å². The van der Waals surface area contributed by atoms with Crippen LogP contribution in [0.2, 0.25) is 15.1 Å². The monoisotopic (exact) mass is 505 g/mol. The normalized spacial score (nSPS) is 10.7. The lowest BCUT2D eigenvalue weighted by Crippen LogP contribution is -2.18. The number of rotatable bonds is 6. The Morgan fingerprint density at radius 2 is 1.78 bits per heavy atom. The van der Waals surface area contributed by atoms with Gasteiger partial charge in [0.1, 0.15) is 17.5 Å². The first kappa shape index (κ1) is 22.3. The van der Waals surface area contributed by atoms with Crippen molar-refractivity contribution < 1.29 is 9.59 Å². The zero-order valence-corrected chi connectivity index (χ0v) is 19.3. The van der Waals surface area contributed by atoms with Crippen LogP contribution in [0.25, 0.3) is 0 Å². The van der Waals surface area contributed by atoms with Crippen LogP contribution in [0.3, 0.4) is 0 Å². The van der Waals surface area contributed by atoms with E-state index >= 15 is 0 Å². The van der Waals surface area contributed by atoms with Crippen LogP contribution in [-0.4, -0.2) is 26.6 Å². The summed E-state index contributed by atoms with van der Waals surface area (Å²) >= 11 is 19.8. The summed E-state index contributed by atoms with van der Waals surface area (Å²) in [5, 5.41) is 12.4. The Balaban J connectivity index is 1.55. The fourth-order valence-corrected chi connectivity index (χ4v) is 4.46. The smallest absolute Gasteiger partial charge is 0.267 e. The van der Waals surface area contributed by atoms with Crippen molar-refractivity contribution in [3.05, 3.63) is 91.6 Å². The topological polar surface area (TPSA) is 88.9 Å². The summed E-state index contributed by atoms with van der Waals surface area (Å²) in [6.07, 6.45) is 2.98. The van der Waals surface area contributed by atoms with Crippen molar-refractivity contribution in [2.45, 2.75) is 6.54 Å². The van der Waals surface area contributed by atoms with Crippen LogP contribution in [0, 0.1) is 0 Å². The minimum absolute atomic E-state index is 0.188. The molecule has 11 heteroatoms. The molecule has 2 aromatic heterocycles. The molecule has 32 heavy (non-hydrogen) atoms. The lowest BCUT2D eigenvalue weighted by molar-refractivity contribution is 0.102. The molecule has 0 bridgehead atoms. The quantitative estimate of drug-likeness (QED) is 0.343. The molecule has 2 heterocycles. The first-order valence-electron chi connectivity index (χ1n) is 9.17. The third-order valence-electron chi connectivity index (χ3n) is 4.40. The molecule has 0 aliphatic heterocycles. The summed E-state index contributed by atoms with van der Waals surface area (Å²) in [5.41, 5.74) is 1.67. The maximum Gasteiger partial charge on any atom is 0.267 e. The van der Waals surface area contributed by atoms with E-state index < -0.39 is 11.8 Å². The van der Waals surface area contributed by atoms with Crippen molar-refractivity contribution in [2.24, 2.45) is 0 Å². The van der Waals surface area contributed by atoms with E-state index in [0.29, 0.717) is 27.2 Å². The molecule has 0 saturated carbocycles. The molecule has 2 aromatic carbocycles. The third-order valence-corrected chi connectivity index (χ3v) is 6.54. The fourth-order valence-electron chi connectivity index (χ4n) is 2.87. The molecule has 0 spiro atoms. The predicted molar refractivity (Wildman–Crippen MR) is 127 cm³/mol. The molecule has 0 unspecified atom stereocenters. The van der Waals surface area contributed by atoms with Crippen LogP contribution in [0.1, 0.15) is 25.6 Å². The number of carbonyl (C=O) groups is 2. The van der Waals surface area contributed by atoms with Gasteiger partial charge < -0.3 is 10.6 Å². The summed E-state index contributed by atoms with van der Waals surface area (Å²) in [6.45, 7) is 0.378. The summed E-state index contributed by atoms with van der Waals surface area (Å²) < 4.78 is 1.60. The number of hydrogen-bond donors (Lipinski definition) is 2. The van der Waals surface area contributed by atoms with Gasteiger partial charge >= 0.3 is 0 Å². The van der Waals surface area contributed by atoms with Gasteiger partial charge in [0.15, 0.2) is 0 Å². The lowest BCUT2D eigenvalue weighted by Gasteiger charge is -2.13. The number of carbonyl (C=O) groups excluding carboxylic acids is 2. The van der Waals surface area contributed by atoms with Crippen LogP contribution in [0.5, 0.6) is 0 Å². The highest BCUT2D eigenvalue weighted by Gasteiger charge is 2.21. The van der Waals surface area contributed by atoms with Gasteiger partial charge in [0.2, 0.25) is 0 Å².